The highest BCUT2D eigenvalue weighted by atomic mass is 16.3. The van der Waals surface area contributed by atoms with Gasteiger partial charge in [-0.15, -0.1) is 0 Å². The molecule has 0 saturated carbocycles. The number of aromatic hydroxyl groups is 1. The van der Waals surface area contributed by atoms with Crippen molar-refractivity contribution in [2.24, 2.45) is 0 Å². The summed E-state index contributed by atoms with van der Waals surface area (Å²) in [6, 6.07) is 23.3. The number of para-hydroxylation sites is 1. The molecule has 0 spiro atoms. The molecule has 176 valence electrons. The number of Topliss-reactive ketones (excluding diaryl/α,β-unsaturated/α-hetero) is 1. The molecule has 0 aliphatic carbocycles. The minimum Gasteiger partial charge on any atom is -0.508 e. The molecule has 0 fully saturated rings. The Labute approximate surface area is 203 Å². The molecule has 1 aromatic heterocycles. The predicted molar refractivity (Wildman–Crippen MR) is 134 cm³/mol. The Morgan fingerprint density at radius 2 is 1.69 bits per heavy atom. The average molecular weight is 467 g/mol. The predicted octanol–water partition coefficient (Wildman–Crippen LogP) is 5.01. The van der Waals surface area contributed by atoms with Crippen molar-refractivity contribution in [3.05, 3.63) is 113 Å². The molecule has 0 radical (unpaired) electrons. The first-order chi connectivity index (χ1) is 17.0. The molecule has 6 nitrogen and oxygen atoms in total. The van der Waals surface area contributed by atoms with Crippen molar-refractivity contribution in [2.45, 2.75) is 25.3 Å². The first kappa shape index (κ1) is 22.5. The zero-order chi connectivity index (χ0) is 24.4. The number of nitrogens with one attached hydrogen (secondary N) is 1. The number of rotatable bonds is 8. The van der Waals surface area contributed by atoms with E-state index in [4.69, 9.17) is 0 Å². The van der Waals surface area contributed by atoms with Gasteiger partial charge >= 0.3 is 0 Å². The number of amides is 1. The Balaban J connectivity index is 1.43. The van der Waals surface area contributed by atoms with Crippen LogP contribution in [0.4, 0.5) is 0 Å². The van der Waals surface area contributed by atoms with Crippen LogP contribution < -0.4 is 0 Å². The zero-order valence-electron chi connectivity index (χ0n) is 19.1. The van der Waals surface area contributed by atoms with Crippen LogP contribution >= 0.6 is 0 Å². The van der Waals surface area contributed by atoms with Crippen molar-refractivity contribution in [2.75, 3.05) is 6.54 Å². The Bertz CT molecular complexity index is 1420. The fourth-order valence-electron chi connectivity index (χ4n) is 4.83. The van der Waals surface area contributed by atoms with Crippen LogP contribution in [0.1, 0.15) is 29.2 Å². The molecule has 1 aliphatic heterocycles. The third-order valence-corrected chi connectivity index (χ3v) is 6.57. The number of benzene rings is 3. The first-order valence-electron chi connectivity index (χ1n) is 11.7. The molecule has 35 heavy (non-hydrogen) atoms. The Morgan fingerprint density at radius 3 is 2.49 bits per heavy atom. The summed E-state index contributed by atoms with van der Waals surface area (Å²) in [4.78, 5) is 31.3. The van der Waals surface area contributed by atoms with E-state index >= 15 is 0 Å². The van der Waals surface area contributed by atoms with E-state index in [-0.39, 0.29) is 23.5 Å². The molecule has 3 aromatic carbocycles. The van der Waals surface area contributed by atoms with Gasteiger partial charge in [0.15, 0.2) is 11.5 Å². The molecule has 1 atom stereocenters. The number of aryl methyl sites for hydroxylation is 1. The second-order valence-corrected chi connectivity index (χ2v) is 8.78. The molecule has 6 heteroatoms. The van der Waals surface area contributed by atoms with E-state index in [1.54, 1.807) is 18.2 Å². The van der Waals surface area contributed by atoms with Crippen molar-refractivity contribution in [3.8, 4) is 5.75 Å². The summed E-state index contributed by atoms with van der Waals surface area (Å²) in [5, 5.41) is 22.0. The number of aliphatic hydroxyl groups is 1. The molecular formula is C29H26N2O4. The number of ketones is 1. The highest BCUT2D eigenvalue weighted by Crippen LogP contribution is 2.39. The molecule has 1 aliphatic rings. The van der Waals surface area contributed by atoms with Crippen LogP contribution in [0.2, 0.25) is 0 Å². The maximum atomic E-state index is 13.3. The van der Waals surface area contributed by atoms with E-state index in [0.29, 0.717) is 24.9 Å². The standard InChI is InChI=1S/C29H26N2O4/c32-22-10-6-9-20(17-22)27-26(25(33)14-13-19-7-2-1-3-8-19)28(34)29(35)31(27)16-15-21-18-30-24-12-5-4-11-23(21)24/h1-12,17-18,27,30,32,34H,13-16H2. The van der Waals surface area contributed by atoms with Crippen LogP contribution in [0.3, 0.4) is 0 Å². The summed E-state index contributed by atoms with van der Waals surface area (Å²) < 4.78 is 0. The monoisotopic (exact) mass is 466 g/mol. The van der Waals surface area contributed by atoms with Crippen molar-refractivity contribution < 1.29 is 19.8 Å². The summed E-state index contributed by atoms with van der Waals surface area (Å²) in [5.41, 5.74) is 3.75. The topological polar surface area (TPSA) is 93.6 Å². The number of phenols is 1. The smallest absolute Gasteiger partial charge is 0.290 e. The van der Waals surface area contributed by atoms with E-state index in [0.717, 1.165) is 22.0 Å². The second-order valence-electron chi connectivity index (χ2n) is 8.78. The lowest BCUT2D eigenvalue weighted by Crippen LogP contribution is -2.33. The molecule has 2 heterocycles. The molecule has 3 N–H and O–H groups in total. The number of nitrogens with zero attached hydrogens (tertiary/aromatic N) is 1. The molecule has 0 bridgehead atoms. The van der Waals surface area contributed by atoms with Gasteiger partial charge < -0.3 is 20.1 Å². The van der Waals surface area contributed by atoms with E-state index in [9.17, 15) is 19.8 Å². The number of H-pyrrole nitrogens is 1. The van der Waals surface area contributed by atoms with Gasteiger partial charge in [0.2, 0.25) is 0 Å². The number of phenolic OH excluding ortho intramolecular Hbond substituents is 1. The Kier molecular flexibility index (Phi) is 6.10. The SMILES string of the molecule is O=C(CCc1ccccc1)C1=C(O)C(=O)N(CCc2c[nH]c3ccccc23)C1c1cccc(O)c1. The fourth-order valence-corrected chi connectivity index (χ4v) is 4.83. The van der Waals surface area contributed by atoms with Gasteiger partial charge in [0.1, 0.15) is 5.75 Å². The van der Waals surface area contributed by atoms with Crippen LogP contribution in [0.25, 0.3) is 10.9 Å². The van der Waals surface area contributed by atoms with Crippen LogP contribution in [-0.2, 0) is 22.4 Å². The van der Waals surface area contributed by atoms with Gasteiger partial charge in [0.05, 0.1) is 11.6 Å². The van der Waals surface area contributed by atoms with Gasteiger partial charge in [-0.05, 0) is 47.7 Å². The van der Waals surface area contributed by atoms with Gasteiger partial charge in [0, 0.05) is 30.1 Å². The maximum Gasteiger partial charge on any atom is 0.290 e. The van der Waals surface area contributed by atoms with E-state index in [1.807, 2.05) is 60.8 Å². The Hall–Kier alpha value is -4.32. The number of carbonyl (C=O) groups excluding carboxylic acids is 2. The number of aromatic amines is 1. The number of carbonyl (C=O) groups is 2. The van der Waals surface area contributed by atoms with Gasteiger partial charge in [0.25, 0.3) is 5.91 Å². The second kappa shape index (κ2) is 9.50. The number of aromatic nitrogens is 1. The summed E-state index contributed by atoms with van der Waals surface area (Å²) in [6.45, 7) is 0.306. The third-order valence-electron chi connectivity index (χ3n) is 6.57. The maximum absolute atomic E-state index is 13.3. The summed E-state index contributed by atoms with van der Waals surface area (Å²) in [6.07, 6.45) is 3.15. The Morgan fingerprint density at radius 1 is 0.914 bits per heavy atom. The summed E-state index contributed by atoms with van der Waals surface area (Å²) in [5.74, 6) is -1.31. The van der Waals surface area contributed by atoms with Crippen molar-refractivity contribution in [3.63, 3.8) is 0 Å². The van der Waals surface area contributed by atoms with E-state index in [1.165, 1.54) is 11.0 Å². The molecule has 1 amide bonds. The summed E-state index contributed by atoms with van der Waals surface area (Å²) in [7, 11) is 0. The highest BCUT2D eigenvalue weighted by molar-refractivity contribution is 6.09. The number of hydrogen-bond donors (Lipinski definition) is 3. The van der Waals surface area contributed by atoms with Crippen LogP contribution in [0.15, 0.2) is 96.4 Å². The number of aliphatic hydroxyl groups excluding tert-OH is 1. The minimum atomic E-state index is -0.761. The van der Waals surface area contributed by atoms with Crippen molar-refractivity contribution >= 4 is 22.6 Å². The van der Waals surface area contributed by atoms with Crippen LogP contribution in [0, 0.1) is 0 Å². The van der Waals surface area contributed by atoms with Gasteiger partial charge in [-0.2, -0.15) is 0 Å². The first-order valence-corrected chi connectivity index (χ1v) is 11.7. The minimum absolute atomic E-state index is 0.0361. The lowest BCUT2D eigenvalue weighted by atomic mass is 9.93. The largest absolute Gasteiger partial charge is 0.508 e. The van der Waals surface area contributed by atoms with Crippen LogP contribution in [-0.4, -0.2) is 38.3 Å². The van der Waals surface area contributed by atoms with E-state index < -0.39 is 17.7 Å². The molecular weight excluding hydrogens is 440 g/mol. The zero-order valence-corrected chi connectivity index (χ0v) is 19.1. The molecule has 0 saturated heterocycles. The fraction of sp³-hybridized carbons (Fsp3) is 0.172. The van der Waals surface area contributed by atoms with Gasteiger partial charge in [-0.25, -0.2) is 0 Å². The lowest BCUT2D eigenvalue weighted by molar-refractivity contribution is -0.129. The molecule has 1 unspecified atom stereocenters. The van der Waals surface area contributed by atoms with Crippen LogP contribution in [0.5, 0.6) is 5.75 Å². The highest BCUT2D eigenvalue weighted by Gasteiger charge is 2.43. The van der Waals surface area contributed by atoms with Gasteiger partial charge in [-0.1, -0.05) is 60.7 Å². The molecule has 4 aromatic rings. The van der Waals surface area contributed by atoms with Crippen molar-refractivity contribution in [1.82, 2.24) is 9.88 Å². The number of fused-ring (bicyclic) bond motifs is 1. The normalized spacial score (nSPS) is 15.8. The molecule has 5 rings (SSSR count). The lowest BCUT2D eigenvalue weighted by Gasteiger charge is -2.27. The van der Waals surface area contributed by atoms with E-state index in [2.05, 4.69) is 4.98 Å². The average Bonchev–Trinajstić information content (AvgIpc) is 3.40. The van der Waals surface area contributed by atoms with Gasteiger partial charge in [-0.3, -0.25) is 9.59 Å². The third kappa shape index (κ3) is 4.43. The van der Waals surface area contributed by atoms with Crippen molar-refractivity contribution in [1.29, 1.82) is 0 Å². The quantitative estimate of drug-likeness (QED) is 0.340. The summed E-state index contributed by atoms with van der Waals surface area (Å²) >= 11 is 0. The number of hydrogen-bond acceptors (Lipinski definition) is 4.